The molecule has 5 atom stereocenters. The topological polar surface area (TPSA) is 237 Å². The van der Waals surface area contributed by atoms with Crippen LogP contribution in [-0.4, -0.2) is 96.7 Å². The van der Waals surface area contributed by atoms with Gasteiger partial charge in [-0.1, -0.05) is 285 Å². The fourth-order valence-corrected chi connectivity index (χ4v) is 11.5. The van der Waals surface area contributed by atoms with E-state index in [1.54, 1.807) is 0 Å². The molecule has 0 heterocycles. The first-order valence-electron chi connectivity index (χ1n) is 34.6. The summed E-state index contributed by atoms with van der Waals surface area (Å²) in [6.45, 7) is 7.18. The number of ether oxygens (including phenoxy) is 4. The molecule has 0 aliphatic carbocycles. The van der Waals surface area contributed by atoms with E-state index in [0.717, 1.165) is 109 Å². The highest BCUT2D eigenvalue weighted by Crippen LogP contribution is 2.45. The van der Waals surface area contributed by atoms with E-state index in [2.05, 4.69) is 34.6 Å². The molecule has 0 aromatic carbocycles. The number of esters is 4. The molecule has 3 N–H and O–H groups in total. The van der Waals surface area contributed by atoms with Crippen LogP contribution in [0.3, 0.4) is 0 Å². The summed E-state index contributed by atoms with van der Waals surface area (Å²) in [5.41, 5.74) is 0. The van der Waals surface area contributed by atoms with Gasteiger partial charge in [-0.3, -0.25) is 37.3 Å². The van der Waals surface area contributed by atoms with E-state index in [0.29, 0.717) is 25.7 Å². The van der Waals surface area contributed by atoms with Crippen LogP contribution in [0.25, 0.3) is 0 Å². The van der Waals surface area contributed by atoms with Crippen molar-refractivity contribution >= 4 is 39.5 Å². The predicted molar refractivity (Wildman–Crippen MR) is 340 cm³/mol. The summed E-state index contributed by atoms with van der Waals surface area (Å²) in [7, 11) is -9.88. The number of aliphatic hydroxyl groups is 1. The number of hydrogen-bond donors (Lipinski definition) is 3. The van der Waals surface area contributed by atoms with E-state index in [4.69, 9.17) is 37.0 Å². The van der Waals surface area contributed by atoms with Crippen LogP contribution in [0, 0.1) is 5.92 Å². The Hall–Kier alpha value is -1.94. The molecular weight excluding hydrogens is 1130 g/mol. The van der Waals surface area contributed by atoms with Crippen molar-refractivity contribution in [3.8, 4) is 0 Å². The van der Waals surface area contributed by atoms with E-state index in [-0.39, 0.29) is 25.7 Å². The minimum atomic E-state index is -4.95. The third-order valence-corrected chi connectivity index (χ3v) is 17.2. The normalized spacial score (nSPS) is 14.2. The minimum Gasteiger partial charge on any atom is -0.462 e. The first-order chi connectivity index (χ1) is 41.0. The van der Waals surface area contributed by atoms with E-state index in [1.165, 1.54) is 148 Å². The van der Waals surface area contributed by atoms with Crippen LogP contribution in [0.5, 0.6) is 0 Å². The second-order valence-electron chi connectivity index (χ2n) is 24.3. The highest BCUT2D eigenvalue weighted by Gasteiger charge is 2.30. The van der Waals surface area contributed by atoms with Gasteiger partial charge in [0, 0.05) is 25.7 Å². The van der Waals surface area contributed by atoms with Gasteiger partial charge >= 0.3 is 39.5 Å². The maximum Gasteiger partial charge on any atom is 0.472 e. The van der Waals surface area contributed by atoms with Gasteiger partial charge in [-0.25, -0.2) is 9.13 Å². The molecule has 0 aliphatic heterocycles. The molecule has 0 aromatic heterocycles. The Bertz CT molecular complexity index is 1650. The number of unbranched alkanes of at least 4 members (excludes halogenated alkanes) is 38. The molecule has 19 heteroatoms. The summed E-state index contributed by atoms with van der Waals surface area (Å²) in [5.74, 6) is -1.35. The SMILES string of the molecule is CCCCCCCCCCCCCCC(=O)OC[C@H](COP(=O)(O)OC[C@@H](O)COP(=O)(O)OC[C@@H](COC(=O)CCCCCCCCC)OC(=O)CCCCCCCCCCCCC)OC(=O)CCCCCCCCCCCCCCC(C)C. The molecule has 0 saturated heterocycles. The summed E-state index contributed by atoms with van der Waals surface area (Å²) in [6, 6.07) is 0. The standard InChI is InChI=1S/C66H128O17P2/c1-6-9-12-15-18-20-22-27-30-35-40-45-50-64(69)77-56-62(83-66(71)52-47-42-37-32-28-24-23-26-29-34-38-43-48-59(4)5)58-81-85(74,75)79-54-60(67)53-78-84(72,73)80-57-61(55-76-63(68)49-44-39-33-17-14-11-8-3)82-65(70)51-46-41-36-31-25-21-19-16-13-10-7-2/h59-62,67H,6-58H2,1-5H3,(H,72,73)(H,74,75)/t60-,61+,62+/m0/s1. The monoisotopic (exact) mass is 1250 g/mol. The average molecular weight is 1260 g/mol. The summed E-state index contributed by atoms with van der Waals surface area (Å²) in [6.07, 6.45) is 44.4. The van der Waals surface area contributed by atoms with E-state index < -0.39 is 97.5 Å². The third kappa shape index (κ3) is 60.7. The summed E-state index contributed by atoms with van der Waals surface area (Å²) in [5, 5.41) is 10.5. The van der Waals surface area contributed by atoms with Crippen molar-refractivity contribution in [2.75, 3.05) is 39.6 Å². The van der Waals surface area contributed by atoms with Gasteiger partial charge in [-0.2, -0.15) is 0 Å². The van der Waals surface area contributed by atoms with Crippen molar-refractivity contribution in [1.29, 1.82) is 0 Å². The Morgan fingerprint density at radius 2 is 0.541 bits per heavy atom. The van der Waals surface area contributed by atoms with Crippen molar-refractivity contribution in [3.05, 3.63) is 0 Å². The predicted octanol–water partition coefficient (Wildman–Crippen LogP) is 18.6. The summed E-state index contributed by atoms with van der Waals surface area (Å²) < 4.78 is 68.0. The van der Waals surface area contributed by atoms with E-state index in [9.17, 15) is 43.2 Å². The van der Waals surface area contributed by atoms with Gasteiger partial charge in [-0.15, -0.1) is 0 Å². The molecule has 2 unspecified atom stereocenters. The van der Waals surface area contributed by atoms with Gasteiger partial charge in [0.2, 0.25) is 0 Å². The largest absolute Gasteiger partial charge is 0.472 e. The van der Waals surface area contributed by atoms with Crippen molar-refractivity contribution in [2.24, 2.45) is 5.92 Å². The van der Waals surface area contributed by atoms with Crippen LogP contribution < -0.4 is 0 Å². The lowest BCUT2D eigenvalue weighted by molar-refractivity contribution is -0.161. The van der Waals surface area contributed by atoms with Gasteiger partial charge in [-0.05, 0) is 31.6 Å². The second kappa shape index (κ2) is 59.7. The number of aliphatic hydroxyl groups excluding tert-OH is 1. The van der Waals surface area contributed by atoms with Crippen molar-refractivity contribution < 1.29 is 80.2 Å². The molecule has 0 spiro atoms. The molecule has 0 rings (SSSR count). The molecule has 0 aromatic rings. The van der Waals surface area contributed by atoms with Gasteiger partial charge in [0.1, 0.15) is 19.3 Å². The number of carbonyl (C=O) groups excluding carboxylic acids is 4. The van der Waals surface area contributed by atoms with Crippen LogP contribution >= 0.6 is 15.6 Å². The molecule has 17 nitrogen and oxygen atoms in total. The summed E-state index contributed by atoms with van der Waals surface area (Å²) in [4.78, 5) is 72.2. The zero-order chi connectivity index (χ0) is 62.8. The quantitative estimate of drug-likeness (QED) is 0.0222. The van der Waals surface area contributed by atoms with Gasteiger partial charge in [0.15, 0.2) is 12.2 Å². The van der Waals surface area contributed by atoms with Crippen LogP contribution in [0.4, 0.5) is 0 Å². The minimum absolute atomic E-state index is 0.107. The second-order valence-corrected chi connectivity index (χ2v) is 27.2. The number of rotatable bonds is 66. The van der Waals surface area contributed by atoms with Gasteiger partial charge in [0.05, 0.1) is 26.4 Å². The van der Waals surface area contributed by atoms with E-state index in [1.807, 2.05) is 0 Å². The van der Waals surface area contributed by atoms with Gasteiger partial charge in [0.25, 0.3) is 0 Å². The average Bonchev–Trinajstić information content (AvgIpc) is 3.49. The highest BCUT2D eigenvalue weighted by atomic mass is 31.2. The van der Waals surface area contributed by atoms with Crippen LogP contribution in [-0.2, 0) is 65.4 Å². The lowest BCUT2D eigenvalue weighted by atomic mass is 10.0. The number of carbonyl (C=O) groups is 4. The fraction of sp³-hybridized carbons (Fsp3) is 0.939. The molecule has 85 heavy (non-hydrogen) atoms. The maximum absolute atomic E-state index is 13.0. The Balaban J connectivity index is 5.21. The van der Waals surface area contributed by atoms with Crippen LogP contribution in [0.15, 0.2) is 0 Å². The third-order valence-electron chi connectivity index (χ3n) is 15.3. The number of phosphoric acid groups is 2. The number of hydrogen-bond acceptors (Lipinski definition) is 15. The number of phosphoric ester groups is 2. The Morgan fingerprint density at radius 3 is 0.800 bits per heavy atom. The smallest absolute Gasteiger partial charge is 0.462 e. The molecule has 0 amide bonds. The maximum atomic E-state index is 13.0. The Morgan fingerprint density at radius 1 is 0.318 bits per heavy atom. The lowest BCUT2D eigenvalue weighted by Crippen LogP contribution is -2.30. The molecule has 0 radical (unpaired) electrons. The molecule has 0 aliphatic rings. The molecule has 0 bridgehead atoms. The molecule has 504 valence electrons. The van der Waals surface area contributed by atoms with E-state index >= 15 is 0 Å². The first kappa shape index (κ1) is 83.1. The highest BCUT2D eigenvalue weighted by molar-refractivity contribution is 7.47. The summed E-state index contributed by atoms with van der Waals surface area (Å²) >= 11 is 0. The Kier molecular flexibility index (Phi) is 58.3. The van der Waals surface area contributed by atoms with Crippen molar-refractivity contribution in [2.45, 2.75) is 355 Å². The Labute approximate surface area is 517 Å². The van der Waals surface area contributed by atoms with Gasteiger partial charge < -0.3 is 33.8 Å². The van der Waals surface area contributed by atoms with Crippen LogP contribution in [0.1, 0.15) is 336 Å². The molecular formula is C66H128O17P2. The zero-order valence-electron chi connectivity index (χ0n) is 54.7. The van der Waals surface area contributed by atoms with Crippen molar-refractivity contribution in [1.82, 2.24) is 0 Å². The molecule has 0 fully saturated rings. The lowest BCUT2D eigenvalue weighted by Gasteiger charge is -2.21. The van der Waals surface area contributed by atoms with Crippen molar-refractivity contribution in [3.63, 3.8) is 0 Å². The first-order valence-corrected chi connectivity index (χ1v) is 37.6. The fourth-order valence-electron chi connectivity index (χ4n) is 9.94. The van der Waals surface area contributed by atoms with Crippen LogP contribution in [0.2, 0.25) is 0 Å². The molecule has 0 saturated carbocycles. The zero-order valence-corrected chi connectivity index (χ0v) is 56.5.